The third kappa shape index (κ3) is 7.22. The van der Waals surface area contributed by atoms with Crippen molar-refractivity contribution in [2.45, 2.75) is 34.6 Å². The molecule has 0 atom stereocenters. The summed E-state index contributed by atoms with van der Waals surface area (Å²) in [6, 6.07) is 8.59. The summed E-state index contributed by atoms with van der Waals surface area (Å²) in [4.78, 5) is 2.57. The lowest BCUT2D eigenvalue weighted by Crippen LogP contribution is -2.35. The lowest BCUT2D eigenvalue weighted by atomic mass is 10.1. The minimum atomic E-state index is 0.734. The van der Waals surface area contributed by atoms with Crippen molar-refractivity contribution in [3.05, 3.63) is 29.8 Å². The first-order chi connectivity index (χ1) is 8.97. The van der Waals surface area contributed by atoms with Gasteiger partial charge in [0.15, 0.2) is 0 Å². The van der Waals surface area contributed by atoms with Crippen molar-refractivity contribution in [2.24, 2.45) is 11.8 Å². The highest BCUT2D eigenvalue weighted by molar-refractivity contribution is 5.45. The molecular weight excluding hydrogens is 232 g/mol. The van der Waals surface area contributed by atoms with Crippen molar-refractivity contribution in [1.82, 2.24) is 4.90 Å². The van der Waals surface area contributed by atoms with Crippen LogP contribution in [0.1, 0.15) is 33.3 Å². The van der Waals surface area contributed by atoms with Crippen molar-refractivity contribution in [3.63, 3.8) is 0 Å². The zero-order chi connectivity index (χ0) is 14.3. The van der Waals surface area contributed by atoms with Gasteiger partial charge in [0.05, 0.1) is 0 Å². The summed E-state index contributed by atoms with van der Waals surface area (Å²) in [6.07, 6.45) is 0. The second kappa shape index (κ2) is 8.21. The Labute approximate surface area is 119 Å². The molecule has 0 heterocycles. The first-order valence-corrected chi connectivity index (χ1v) is 7.50. The summed E-state index contributed by atoms with van der Waals surface area (Å²) in [5.41, 5.74) is 2.54. The second-order valence-electron chi connectivity index (χ2n) is 6.34. The maximum atomic E-state index is 3.52. The topological polar surface area (TPSA) is 15.3 Å². The fourth-order valence-corrected chi connectivity index (χ4v) is 2.40. The van der Waals surface area contributed by atoms with Crippen LogP contribution in [0.15, 0.2) is 24.3 Å². The SMILES string of the molecule is Cc1cccc(NCCN(CC(C)C)CC(C)C)c1. The predicted molar refractivity (Wildman–Crippen MR) is 85.8 cm³/mol. The van der Waals surface area contributed by atoms with Gasteiger partial charge >= 0.3 is 0 Å². The molecule has 0 saturated heterocycles. The second-order valence-corrected chi connectivity index (χ2v) is 6.34. The van der Waals surface area contributed by atoms with Crippen LogP contribution in [0.5, 0.6) is 0 Å². The molecule has 1 rings (SSSR count). The van der Waals surface area contributed by atoms with Gasteiger partial charge in [0.25, 0.3) is 0 Å². The van der Waals surface area contributed by atoms with Crippen molar-refractivity contribution in [2.75, 3.05) is 31.5 Å². The number of benzene rings is 1. The number of nitrogens with one attached hydrogen (secondary N) is 1. The summed E-state index contributed by atoms with van der Waals surface area (Å²) < 4.78 is 0. The molecule has 0 bridgehead atoms. The van der Waals surface area contributed by atoms with Crippen molar-refractivity contribution >= 4 is 5.69 Å². The van der Waals surface area contributed by atoms with E-state index in [0.717, 1.165) is 24.9 Å². The van der Waals surface area contributed by atoms with Crippen LogP contribution in [-0.4, -0.2) is 31.1 Å². The van der Waals surface area contributed by atoms with Gasteiger partial charge < -0.3 is 10.2 Å². The monoisotopic (exact) mass is 262 g/mol. The molecule has 108 valence electrons. The lowest BCUT2D eigenvalue weighted by molar-refractivity contribution is 0.227. The Bertz CT molecular complexity index is 348. The molecule has 0 aliphatic rings. The number of aryl methyl sites for hydroxylation is 1. The van der Waals surface area contributed by atoms with E-state index in [1.54, 1.807) is 0 Å². The van der Waals surface area contributed by atoms with Gasteiger partial charge in [0, 0.05) is 31.9 Å². The van der Waals surface area contributed by atoms with Gasteiger partial charge in [-0.05, 0) is 36.5 Å². The van der Waals surface area contributed by atoms with E-state index < -0.39 is 0 Å². The van der Waals surface area contributed by atoms with Crippen LogP contribution in [-0.2, 0) is 0 Å². The van der Waals surface area contributed by atoms with Gasteiger partial charge in [0.1, 0.15) is 0 Å². The number of rotatable bonds is 8. The lowest BCUT2D eigenvalue weighted by Gasteiger charge is -2.26. The van der Waals surface area contributed by atoms with Crippen LogP contribution >= 0.6 is 0 Å². The Balaban J connectivity index is 2.38. The average Bonchev–Trinajstić information content (AvgIpc) is 2.27. The molecule has 0 fully saturated rings. The van der Waals surface area contributed by atoms with E-state index in [9.17, 15) is 0 Å². The Morgan fingerprint density at radius 2 is 1.68 bits per heavy atom. The molecule has 0 aliphatic carbocycles. The van der Waals surface area contributed by atoms with E-state index >= 15 is 0 Å². The highest BCUT2D eigenvalue weighted by Gasteiger charge is 2.08. The molecule has 0 aliphatic heterocycles. The van der Waals surface area contributed by atoms with Crippen LogP contribution < -0.4 is 5.32 Å². The van der Waals surface area contributed by atoms with E-state index in [4.69, 9.17) is 0 Å². The van der Waals surface area contributed by atoms with E-state index in [0.29, 0.717) is 0 Å². The minimum absolute atomic E-state index is 0.734. The number of hydrogen-bond acceptors (Lipinski definition) is 2. The number of nitrogens with zero attached hydrogens (tertiary/aromatic N) is 1. The third-order valence-electron chi connectivity index (χ3n) is 3.02. The summed E-state index contributed by atoms with van der Waals surface area (Å²) >= 11 is 0. The van der Waals surface area contributed by atoms with E-state index in [-0.39, 0.29) is 0 Å². The van der Waals surface area contributed by atoms with Crippen molar-refractivity contribution in [1.29, 1.82) is 0 Å². The predicted octanol–water partition coefficient (Wildman–Crippen LogP) is 4.02. The highest BCUT2D eigenvalue weighted by Crippen LogP contribution is 2.09. The molecule has 0 spiro atoms. The van der Waals surface area contributed by atoms with E-state index in [1.807, 2.05) is 0 Å². The number of hydrogen-bond donors (Lipinski definition) is 1. The van der Waals surface area contributed by atoms with Crippen LogP contribution in [0.2, 0.25) is 0 Å². The molecule has 0 aromatic heterocycles. The molecule has 0 radical (unpaired) electrons. The summed E-state index contributed by atoms with van der Waals surface area (Å²) in [7, 11) is 0. The quantitative estimate of drug-likeness (QED) is 0.761. The zero-order valence-electron chi connectivity index (χ0n) is 13.2. The van der Waals surface area contributed by atoms with Gasteiger partial charge in [-0.3, -0.25) is 0 Å². The first kappa shape index (κ1) is 16.0. The van der Waals surface area contributed by atoms with Gasteiger partial charge in [0.2, 0.25) is 0 Å². The van der Waals surface area contributed by atoms with Crippen LogP contribution in [0.3, 0.4) is 0 Å². The Morgan fingerprint density at radius 1 is 1.05 bits per heavy atom. The average molecular weight is 262 g/mol. The van der Waals surface area contributed by atoms with Crippen molar-refractivity contribution in [3.8, 4) is 0 Å². The van der Waals surface area contributed by atoms with E-state index in [2.05, 4.69) is 69.1 Å². The van der Waals surface area contributed by atoms with Gasteiger partial charge in [-0.1, -0.05) is 39.8 Å². The van der Waals surface area contributed by atoms with Crippen LogP contribution in [0, 0.1) is 18.8 Å². The summed E-state index contributed by atoms with van der Waals surface area (Å²) in [5, 5.41) is 3.52. The van der Waals surface area contributed by atoms with Crippen LogP contribution in [0.4, 0.5) is 5.69 Å². The molecule has 0 unspecified atom stereocenters. The molecule has 2 nitrogen and oxygen atoms in total. The van der Waals surface area contributed by atoms with Gasteiger partial charge in [-0.25, -0.2) is 0 Å². The highest BCUT2D eigenvalue weighted by atomic mass is 15.1. The standard InChI is InChI=1S/C17H30N2/c1-14(2)12-19(13-15(3)4)10-9-18-17-8-6-7-16(5)11-17/h6-8,11,14-15,18H,9-10,12-13H2,1-5H3. The fourth-order valence-electron chi connectivity index (χ4n) is 2.40. The van der Waals surface area contributed by atoms with Crippen LogP contribution in [0.25, 0.3) is 0 Å². The summed E-state index contributed by atoms with van der Waals surface area (Å²) in [5.74, 6) is 1.47. The maximum absolute atomic E-state index is 3.52. The van der Waals surface area contributed by atoms with Crippen molar-refractivity contribution < 1.29 is 0 Å². The molecular formula is C17H30N2. The number of anilines is 1. The van der Waals surface area contributed by atoms with E-state index in [1.165, 1.54) is 24.3 Å². The Morgan fingerprint density at radius 3 is 2.21 bits per heavy atom. The molecule has 1 N–H and O–H groups in total. The molecule has 1 aromatic carbocycles. The maximum Gasteiger partial charge on any atom is 0.0343 e. The van der Waals surface area contributed by atoms with Gasteiger partial charge in [-0.15, -0.1) is 0 Å². The normalized spacial score (nSPS) is 11.6. The minimum Gasteiger partial charge on any atom is -0.384 e. The largest absolute Gasteiger partial charge is 0.384 e. The Kier molecular flexibility index (Phi) is 6.93. The van der Waals surface area contributed by atoms with Gasteiger partial charge in [-0.2, -0.15) is 0 Å². The molecule has 19 heavy (non-hydrogen) atoms. The third-order valence-corrected chi connectivity index (χ3v) is 3.02. The zero-order valence-corrected chi connectivity index (χ0v) is 13.2. The molecule has 2 heteroatoms. The molecule has 1 aromatic rings. The summed E-state index contributed by atoms with van der Waals surface area (Å²) in [6.45, 7) is 15.8. The smallest absolute Gasteiger partial charge is 0.0343 e. The molecule has 0 amide bonds. The Hall–Kier alpha value is -1.02. The molecule has 0 saturated carbocycles. The first-order valence-electron chi connectivity index (χ1n) is 7.50. The fraction of sp³-hybridized carbons (Fsp3) is 0.647.